The second kappa shape index (κ2) is 5.23. The summed E-state index contributed by atoms with van der Waals surface area (Å²) >= 11 is 0. The van der Waals surface area contributed by atoms with Crippen LogP contribution in [-0.4, -0.2) is 11.1 Å². The molecule has 0 atom stereocenters. The number of halogens is 1. The topological polar surface area (TPSA) is 83.5 Å². The van der Waals surface area contributed by atoms with Gasteiger partial charge in [-0.15, -0.1) is 0 Å². The summed E-state index contributed by atoms with van der Waals surface area (Å²) in [5.41, 5.74) is 0.482. The molecule has 0 aliphatic rings. The predicted molar refractivity (Wildman–Crippen MR) is 61.1 cm³/mol. The number of hydrogen-bond acceptors (Lipinski definition) is 4. The number of carbonyl (C=O) groups is 1. The van der Waals surface area contributed by atoms with Crippen molar-refractivity contribution >= 4 is 5.97 Å². The zero-order chi connectivity index (χ0) is 13.8. The molecule has 0 saturated carbocycles. The van der Waals surface area contributed by atoms with E-state index in [2.05, 4.69) is 0 Å². The van der Waals surface area contributed by atoms with Gasteiger partial charge in [0, 0.05) is 5.56 Å². The second-order valence-electron chi connectivity index (χ2n) is 3.63. The number of nitrogens with zero attached hydrogens (tertiary/aromatic N) is 1. The average molecular weight is 261 g/mol. The van der Waals surface area contributed by atoms with Gasteiger partial charge >= 0.3 is 5.97 Å². The molecule has 0 fully saturated rings. The van der Waals surface area contributed by atoms with E-state index in [1.165, 1.54) is 24.5 Å². The van der Waals surface area contributed by atoms with Crippen LogP contribution in [0.3, 0.4) is 0 Å². The van der Waals surface area contributed by atoms with Gasteiger partial charge in [0.1, 0.15) is 6.61 Å². The molecule has 6 heteroatoms. The van der Waals surface area contributed by atoms with Crippen LogP contribution in [0.1, 0.15) is 21.7 Å². The maximum atomic E-state index is 13.5. The Labute approximate surface area is 107 Å². The second-order valence-corrected chi connectivity index (χ2v) is 3.63. The Bertz CT molecular complexity index is 657. The van der Waals surface area contributed by atoms with E-state index in [1.54, 1.807) is 6.07 Å². The molecule has 1 heterocycles. The molecular formula is C13H8FNO4. The van der Waals surface area contributed by atoms with E-state index in [-0.39, 0.29) is 23.7 Å². The summed E-state index contributed by atoms with van der Waals surface area (Å²) in [6.07, 6.45) is 1.22. The van der Waals surface area contributed by atoms with Gasteiger partial charge in [-0.2, -0.15) is 5.26 Å². The highest BCUT2D eigenvalue weighted by Crippen LogP contribution is 2.20. The molecule has 0 aliphatic carbocycles. The first kappa shape index (κ1) is 12.6. The molecule has 19 heavy (non-hydrogen) atoms. The first-order valence-corrected chi connectivity index (χ1v) is 5.24. The normalized spacial score (nSPS) is 9.89. The molecular weight excluding hydrogens is 253 g/mol. The monoisotopic (exact) mass is 261 g/mol. The van der Waals surface area contributed by atoms with Crippen LogP contribution in [0.25, 0.3) is 0 Å². The van der Waals surface area contributed by atoms with E-state index in [0.29, 0.717) is 5.56 Å². The molecule has 1 aromatic heterocycles. The lowest BCUT2D eigenvalue weighted by Crippen LogP contribution is -2.03. The number of aromatic carboxylic acids is 1. The van der Waals surface area contributed by atoms with Crippen LogP contribution in [0.5, 0.6) is 5.75 Å². The molecule has 0 bridgehead atoms. The molecule has 96 valence electrons. The fourth-order valence-corrected chi connectivity index (χ4v) is 1.48. The lowest BCUT2D eigenvalue weighted by molar-refractivity contribution is 0.0658. The van der Waals surface area contributed by atoms with Crippen molar-refractivity contribution in [2.24, 2.45) is 0 Å². The van der Waals surface area contributed by atoms with Gasteiger partial charge in [0.25, 0.3) is 0 Å². The summed E-state index contributed by atoms with van der Waals surface area (Å²) in [5, 5.41) is 17.4. The quantitative estimate of drug-likeness (QED) is 0.914. The van der Waals surface area contributed by atoms with Gasteiger partial charge in [-0.3, -0.25) is 0 Å². The number of carboxylic acids is 1. The summed E-state index contributed by atoms with van der Waals surface area (Å²) in [6.45, 7) is -0.138. The minimum absolute atomic E-state index is 0.0588. The number of ether oxygens (including phenoxy) is 1. The maximum absolute atomic E-state index is 13.5. The third kappa shape index (κ3) is 2.72. The van der Waals surface area contributed by atoms with Gasteiger partial charge in [-0.25, -0.2) is 9.18 Å². The van der Waals surface area contributed by atoms with Crippen molar-refractivity contribution in [2.45, 2.75) is 6.61 Å². The van der Waals surface area contributed by atoms with E-state index in [1.807, 2.05) is 0 Å². The molecule has 2 aromatic rings. The molecule has 0 radical (unpaired) electrons. The largest absolute Gasteiger partial charge is 0.486 e. The van der Waals surface area contributed by atoms with Crippen molar-refractivity contribution in [3.63, 3.8) is 0 Å². The Kier molecular flexibility index (Phi) is 3.48. The highest BCUT2D eigenvalue weighted by atomic mass is 19.1. The van der Waals surface area contributed by atoms with Gasteiger partial charge in [0.15, 0.2) is 11.6 Å². The molecule has 0 spiro atoms. The first-order valence-electron chi connectivity index (χ1n) is 5.24. The van der Waals surface area contributed by atoms with Crippen LogP contribution >= 0.6 is 0 Å². The SMILES string of the molecule is N#Cc1ccc(OCc2ccoc2C(=O)O)c(F)c1. The molecule has 0 aliphatic heterocycles. The lowest BCUT2D eigenvalue weighted by atomic mass is 10.2. The number of carboxylic acid groups (broad SMARTS) is 1. The van der Waals surface area contributed by atoms with Crippen molar-refractivity contribution < 1.29 is 23.4 Å². The van der Waals surface area contributed by atoms with Crippen molar-refractivity contribution in [1.29, 1.82) is 5.26 Å². The van der Waals surface area contributed by atoms with Gasteiger partial charge in [0.2, 0.25) is 5.76 Å². The van der Waals surface area contributed by atoms with E-state index in [4.69, 9.17) is 19.5 Å². The van der Waals surface area contributed by atoms with Gasteiger partial charge in [-0.05, 0) is 24.3 Å². The summed E-state index contributed by atoms with van der Waals surface area (Å²) in [5.74, 6) is -2.20. The molecule has 5 nitrogen and oxygen atoms in total. The minimum atomic E-state index is -1.22. The number of furan rings is 1. The smallest absolute Gasteiger partial charge is 0.372 e. The van der Waals surface area contributed by atoms with E-state index < -0.39 is 11.8 Å². The van der Waals surface area contributed by atoms with Crippen LogP contribution < -0.4 is 4.74 Å². The van der Waals surface area contributed by atoms with Crippen molar-refractivity contribution in [3.05, 3.63) is 53.2 Å². The van der Waals surface area contributed by atoms with Gasteiger partial charge in [-0.1, -0.05) is 0 Å². The average Bonchev–Trinajstić information content (AvgIpc) is 2.85. The van der Waals surface area contributed by atoms with Gasteiger partial charge in [0.05, 0.1) is 17.9 Å². The fourth-order valence-electron chi connectivity index (χ4n) is 1.48. The third-order valence-corrected chi connectivity index (χ3v) is 2.39. The van der Waals surface area contributed by atoms with Crippen molar-refractivity contribution in [3.8, 4) is 11.8 Å². The Balaban J connectivity index is 2.13. The zero-order valence-electron chi connectivity index (χ0n) is 9.59. The molecule has 1 aromatic carbocycles. The number of rotatable bonds is 4. The Morgan fingerprint density at radius 3 is 2.89 bits per heavy atom. The molecule has 1 N–H and O–H groups in total. The Hall–Kier alpha value is -2.81. The lowest BCUT2D eigenvalue weighted by Gasteiger charge is -2.06. The third-order valence-electron chi connectivity index (χ3n) is 2.39. The fraction of sp³-hybridized carbons (Fsp3) is 0.0769. The summed E-state index contributed by atoms with van der Waals surface area (Å²) in [6, 6.07) is 7.00. The summed E-state index contributed by atoms with van der Waals surface area (Å²) in [4.78, 5) is 10.8. The summed E-state index contributed by atoms with van der Waals surface area (Å²) < 4.78 is 23.4. The molecule has 0 saturated heterocycles. The van der Waals surface area contributed by atoms with Crippen molar-refractivity contribution in [2.75, 3.05) is 0 Å². The Morgan fingerprint density at radius 1 is 1.47 bits per heavy atom. The van der Waals surface area contributed by atoms with Crippen LogP contribution in [0.2, 0.25) is 0 Å². The maximum Gasteiger partial charge on any atom is 0.372 e. The minimum Gasteiger partial charge on any atom is -0.486 e. The van der Waals surface area contributed by atoms with E-state index in [0.717, 1.165) is 6.07 Å². The number of nitriles is 1. The predicted octanol–water partition coefficient (Wildman–Crippen LogP) is 2.57. The standard InChI is InChI=1S/C13H8FNO4/c14-10-5-8(6-15)1-2-11(10)19-7-9-3-4-18-12(9)13(16)17/h1-5H,7H2,(H,16,17). The molecule has 0 unspecified atom stereocenters. The van der Waals surface area contributed by atoms with Crippen LogP contribution in [-0.2, 0) is 6.61 Å². The van der Waals surface area contributed by atoms with Crippen LogP contribution in [0.4, 0.5) is 4.39 Å². The first-order chi connectivity index (χ1) is 9.11. The van der Waals surface area contributed by atoms with E-state index in [9.17, 15) is 9.18 Å². The highest BCUT2D eigenvalue weighted by Gasteiger charge is 2.15. The summed E-state index contributed by atoms with van der Waals surface area (Å²) in [7, 11) is 0. The van der Waals surface area contributed by atoms with E-state index >= 15 is 0 Å². The van der Waals surface area contributed by atoms with Crippen LogP contribution in [0.15, 0.2) is 34.9 Å². The molecule has 2 rings (SSSR count). The highest BCUT2D eigenvalue weighted by molar-refractivity contribution is 5.86. The van der Waals surface area contributed by atoms with Gasteiger partial charge < -0.3 is 14.3 Å². The Morgan fingerprint density at radius 2 is 2.26 bits per heavy atom. The number of benzene rings is 1. The van der Waals surface area contributed by atoms with Crippen molar-refractivity contribution in [1.82, 2.24) is 0 Å². The number of hydrogen-bond donors (Lipinski definition) is 1. The molecule has 0 amide bonds. The zero-order valence-corrected chi connectivity index (χ0v) is 9.59. The van der Waals surface area contributed by atoms with Crippen LogP contribution in [0, 0.1) is 17.1 Å².